The van der Waals surface area contributed by atoms with Crippen molar-refractivity contribution in [2.75, 3.05) is 18.7 Å². The van der Waals surface area contributed by atoms with E-state index in [2.05, 4.69) is 10.3 Å². The largest absolute Gasteiger partial charge is 0.454 e. The van der Waals surface area contributed by atoms with E-state index in [4.69, 9.17) is 9.47 Å². The van der Waals surface area contributed by atoms with Gasteiger partial charge in [0.1, 0.15) is 11.6 Å². The van der Waals surface area contributed by atoms with E-state index in [0.29, 0.717) is 36.0 Å². The maximum absolute atomic E-state index is 14.0. The highest BCUT2D eigenvalue weighted by Crippen LogP contribution is 2.33. The topological polar surface area (TPSA) is 63.7 Å². The first-order valence-corrected chi connectivity index (χ1v) is 9.30. The van der Waals surface area contributed by atoms with E-state index in [1.54, 1.807) is 41.4 Å². The number of nitrogens with one attached hydrogen (secondary N) is 1. The summed E-state index contributed by atoms with van der Waals surface area (Å²) in [6.07, 6.45) is 1.56. The number of pyridine rings is 1. The number of carbonyl (C=O) groups excluding carboxylic acids is 1. The van der Waals surface area contributed by atoms with Crippen molar-refractivity contribution < 1.29 is 18.7 Å². The van der Waals surface area contributed by atoms with E-state index in [9.17, 15) is 9.18 Å². The molecule has 0 fully saturated rings. The third kappa shape index (κ3) is 3.99. The number of ether oxygens (including phenoxy) is 2. The van der Waals surface area contributed by atoms with Crippen LogP contribution in [0, 0.1) is 5.82 Å². The SMILES string of the molecule is CCN(Cc1ccc2c(c1)OCO2)C(=O)c1cccnc1Nc1ccccc1F. The quantitative estimate of drug-likeness (QED) is 0.674. The molecule has 7 heteroatoms. The highest BCUT2D eigenvalue weighted by Gasteiger charge is 2.21. The van der Waals surface area contributed by atoms with Crippen LogP contribution in [0.25, 0.3) is 0 Å². The standard InChI is InChI=1S/C22H20FN3O3/c1-2-26(13-15-9-10-19-20(12-15)29-14-28-19)22(27)16-6-5-11-24-21(16)25-18-8-4-3-7-17(18)23/h3-12H,2,13-14H2,1H3,(H,24,25). The van der Waals surface area contributed by atoms with Gasteiger partial charge in [-0.15, -0.1) is 0 Å². The molecule has 1 aromatic heterocycles. The van der Waals surface area contributed by atoms with Crippen LogP contribution >= 0.6 is 0 Å². The predicted octanol–water partition coefficient (Wildman–Crippen LogP) is 4.36. The smallest absolute Gasteiger partial charge is 0.257 e. The van der Waals surface area contributed by atoms with Gasteiger partial charge in [0, 0.05) is 19.3 Å². The maximum Gasteiger partial charge on any atom is 0.257 e. The lowest BCUT2D eigenvalue weighted by Crippen LogP contribution is -2.31. The van der Waals surface area contributed by atoms with Gasteiger partial charge in [-0.1, -0.05) is 18.2 Å². The minimum absolute atomic E-state index is 0.197. The van der Waals surface area contributed by atoms with Crippen LogP contribution in [0.15, 0.2) is 60.8 Å². The summed E-state index contributed by atoms with van der Waals surface area (Å²) >= 11 is 0. The van der Waals surface area contributed by atoms with Gasteiger partial charge in [-0.2, -0.15) is 0 Å². The summed E-state index contributed by atoms with van der Waals surface area (Å²) in [5.74, 6) is 1.08. The molecule has 1 aliphatic heterocycles. The fourth-order valence-electron chi connectivity index (χ4n) is 3.12. The molecule has 0 aliphatic carbocycles. The van der Waals surface area contributed by atoms with Crippen molar-refractivity contribution in [2.24, 2.45) is 0 Å². The van der Waals surface area contributed by atoms with Crippen LogP contribution in [0.3, 0.4) is 0 Å². The number of halogens is 1. The monoisotopic (exact) mass is 393 g/mol. The summed E-state index contributed by atoms with van der Waals surface area (Å²) in [5.41, 5.74) is 1.56. The highest BCUT2D eigenvalue weighted by molar-refractivity contribution is 5.99. The molecular weight excluding hydrogens is 373 g/mol. The van der Waals surface area contributed by atoms with Gasteiger partial charge in [-0.05, 0) is 48.9 Å². The summed E-state index contributed by atoms with van der Waals surface area (Å²) in [4.78, 5) is 19.1. The Morgan fingerprint density at radius 2 is 1.97 bits per heavy atom. The third-order valence-electron chi connectivity index (χ3n) is 4.64. The second-order valence-corrected chi connectivity index (χ2v) is 6.51. The molecule has 0 saturated heterocycles. The summed E-state index contributed by atoms with van der Waals surface area (Å²) in [6.45, 7) is 3.02. The number of rotatable bonds is 6. The Labute approximate surface area is 167 Å². The molecule has 1 amide bonds. The average molecular weight is 393 g/mol. The number of hydrogen-bond donors (Lipinski definition) is 1. The van der Waals surface area contributed by atoms with E-state index in [-0.39, 0.29) is 18.4 Å². The molecule has 3 aromatic rings. The molecule has 2 aromatic carbocycles. The zero-order valence-electron chi connectivity index (χ0n) is 15.9. The van der Waals surface area contributed by atoms with Gasteiger partial charge in [0.05, 0.1) is 11.3 Å². The van der Waals surface area contributed by atoms with Crippen molar-refractivity contribution in [3.63, 3.8) is 0 Å². The van der Waals surface area contributed by atoms with Gasteiger partial charge >= 0.3 is 0 Å². The lowest BCUT2D eigenvalue weighted by molar-refractivity contribution is 0.0753. The zero-order valence-corrected chi connectivity index (χ0v) is 15.9. The first kappa shape index (κ1) is 18.7. The Balaban J connectivity index is 1.57. The van der Waals surface area contributed by atoms with Crippen LogP contribution in [0.4, 0.5) is 15.9 Å². The van der Waals surface area contributed by atoms with Crippen molar-refractivity contribution >= 4 is 17.4 Å². The van der Waals surface area contributed by atoms with Gasteiger partial charge in [0.25, 0.3) is 5.91 Å². The van der Waals surface area contributed by atoms with Crippen molar-refractivity contribution in [3.05, 3.63) is 77.7 Å². The third-order valence-corrected chi connectivity index (χ3v) is 4.64. The van der Waals surface area contributed by atoms with Crippen LogP contribution in [0.2, 0.25) is 0 Å². The van der Waals surface area contributed by atoms with E-state index in [0.717, 1.165) is 5.56 Å². The molecule has 6 nitrogen and oxygen atoms in total. The molecular formula is C22H20FN3O3. The van der Waals surface area contributed by atoms with Crippen LogP contribution in [-0.2, 0) is 6.54 Å². The number of anilines is 2. The van der Waals surface area contributed by atoms with Crippen molar-refractivity contribution in [2.45, 2.75) is 13.5 Å². The van der Waals surface area contributed by atoms with Gasteiger partial charge in [-0.25, -0.2) is 9.37 Å². The minimum Gasteiger partial charge on any atom is -0.454 e. The molecule has 0 saturated carbocycles. The number of aromatic nitrogens is 1. The first-order chi connectivity index (χ1) is 14.2. The molecule has 0 atom stereocenters. The minimum atomic E-state index is -0.413. The molecule has 148 valence electrons. The number of para-hydroxylation sites is 1. The van der Waals surface area contributed by atoms with Crippen molar-refractivity contribution in [3.8, 4) is 11.5 Å². The van der Waals surface area contributed by atoms with E-state index in [1.165, 1.54) is 6.07 Å². The summed E-state index contributed by atoms with van der Waals surface area (Å²) < 4.78 is 24.8. The Hall–Kier alpha value is -3.61. The highest BCUT2D eigenvalue weighted by atomic mass is 19.1. The molecule has 4 rings (SSSR count). The number of carbonyl (C=O) groups is 1. The Morgan fingerprint density at radius 3 is 2.79 bits per heavy atom. The van der Waals surface area contributed by atoms with Crippen LogP contribution < -0.4 is 14.8 Å². The Kier molecular flexibility index (Phi) is 5.29. The molecule has 0 unspecified atom stereocenters. The molecule has 0 bridgehead atoms. The Bertz CT molecular complexity index is 1040. The second-order valence-electron chi connectivity index (χ2n) is 6.51. The van der Waals surface area contributed by atoms with Crippen LogP contribution in [0.5, 0.6) is 11.5 Å². The normalized spacial score (nSPS) is 11.9. The first-order valence-electron chi connectivity index (χ1n) is 9.30. The van der Waals surface area contributed by atoms with Crippen molar-refractivity contribution in [1.82, 2.24) is 9.88 Å². The maximum atomic E-state index is 14.0. The molecule has 1 N–H and O–H groups in total. The van der Waals surface area contributed by atoms with Crippen molar-refractivity contribution in [1.29, 1.82) is 0 Å². The predicted molar refractivity (Wildman–Crippen MR) is 107 cm³/mol. The van der Waals surface area contributed by atoms with E-state index >= 15 is 0 Å². The number of hydrogen-bond acceptors (Lipinski definition) is 5. The lowest BCUT2D eigenvalue weighted by atomic mass is 10.1. The van der Waals surface area contributed by atoms with Gasteiger partial charge in [-0.3, -0.25) is 4.79 Å². The average Bonchev–Trinajstić information content (AvgIpc) is 3.21. The van der Waals surface area contributed by atoms with Crippen LogP contribution in [0.1, 0.15) is 22.8 Å². The number of fused-ring (bicyclic) bond motifs is 1. The van der Waals surface area contributed by atoms with E-state index in [1.807, 2.05) is 25.1 Å². The van der Waals surface area contributed by atoms with Gasteiger partial charge in [0.15, 0.2) is 11.5 Å². The number of nitrogens with zero attached hydrogens (tertiary/aromatic N) is 2. The summed E-state index contributed by atoms with van der Waals surface area (Å²) in [7, 11) is 0. The fraction of sp³-hybridized carbons (Fsp3) is 0.182. The Morgan fingerprint density at radius 1 is 1.14 bits per heavy atom. The number of amides is 1. The lowest BCUT2D eigenvalue weighted by Gasteiger charge is -2.22. The van der Waals surface area contributed by atoms with Gasteiger partial charge in [0.2, 0.25) is 6.79 Å². The summed E-state index contributed by atoms with van der Waals surface area (Å²) in [6, 6.07) is 15.3. The van der Waals surface area contributed by atoms with Gasteiger partial charge < -0.3 is 19.7 Å². The molecule has 1 aliphatic rings. The molecule has 2 heterocycles. The zero-order chi connectivity index (χ0) is 20.2. The second kappa shape index (κ2) is 8.18. The van der Waals surface area contributed by atoms with E-state index < -0.39 is 5.82 Å². The molecule has 0 radical (unpaired) electrons. The summed E-state index contributed by atoms with van der Waals surface area (Å²) in [5, 5.41) is 2.93. The fourth-order valence-corrected chi connectivity index (χ4v) is 3.12. The number of benzene rings is 2. The molecule has 0 spiro atoms. The van der Waals surface area contributed by atoms with Crippen LogP contribution in [-0.4, -0.2) is 29.1 Å². The molecule has 29 heavy (non-hydrogen) atoms.